The van der Waals surface area contributed by atoms with Crippen molar-refractivity contribution < 1.29 is 14.3 Å². The molecule has 0 radical (unpaired) electrons. The summed E-state index contributed by atoms with van der Waals surface area (Å²) in [6, 6.07) is -0.353. The van der Waals surface area contributed by atoms with Crippen LogP contribution in [0.25, 0.3) is 0 Å². The molecule has 0 aromatic heterocycles. The third-order valence-electron chi connectivity index (χ3n) is 4.36. The first-order valence-electron chi connectivity index (χ1n) is 7.38. The van der Waals surface area contributed by atoms with Gasteiger partial charge in [-0.1, -0.05) is 0 Å². The molecule has 2 rings (SSSR count). The summed E-state index contributed by atoms with van der Waals surface area (Å²) in [5.41, 5.74) is 5.96. The van der Waals surface area contributed by atoms with Crippen LogP contribution in [0.5, 0.6) is 0 Å². The standard InChI is InChI=1S/C14H26N2O3S.ClH/c1-14(18-8-9-19-14)11-3-6-16(7-4-11)13(17)12(15)5-10-20-2;/h11-12H,3-10,15H2,1-2H3;1H. The van der Waals surface area contributed by atoms with Crippen molar-refractivity contribution in [2.45, 2.75) is 38.0 Å². The first-order valence-corrected chi connectivity index (χ1v) is 8.77. The normalized spacial score (nSPS) is 23.7. The molecule has 0 aromatic carbocycles. The van der Waals surface area contributed by atoms with Gasteiger partial charge < -0.3 is 20.1 Å². The van der Waals surface area contributed by atoms with Crippen LogP contribution in [0.3, 0.4) is 0 Å². The monoisotopic (exact) mass is 338 g/mol. The third-order valence-corrected chi connectivity index (χ3v) is 5.00. The minimum Gasteiger partial charge on any atom is -0.348 e. The summed E-state index contributed by atoms with van der Waals surface area (Å²) in [4.78, 5) is 14.1. The zero-order chi connectivity index (χ0) is 14.6. The van der Waals surface area contributed by atoms with E-state index in [2.05, 4.69) is 0 Å². The molecule has 0 saturated carbocycles. The van der Waals surface area contributed by atoms with Crippen molar-refractivity contribution in [2.75, 3.05) is 38.3 Å². The zero-order valence-electron chi connectivity index (χ0n) is 12.9. The number of thioether (sulfide) groups is 1. The number of likely N-dealkylation sites (tertiary alicyclic amines) is 1. The number of rotatable bonds is 5. The van der Waals surface area contributed by atoms with E-state index in [0.29, 0.717) is 19.1 Å². The van der Waals surface area contributed by atoms with E-state index in [9.17, 15) is 4.79 Å². The largest absolute Gasteiger partial charge is 0.348 e. The number of hydrogen-bond donors (Lipinski definition) is 1. The predicted molar refractivity (Wildman–Crippen MR) is 87.8 cm³/mol. The molecule has 2 N–H and O–H groups in total. The Labute approximate surface area is 137 Å². The molecule has 2 fully saturated rings. The van der Waals surface area contributed by atoms with Crippen molar-refractivity contribution >= 4 is 30.1 Å². The van der Waals surface area contributed by atoms with E-state index in [-0.39, 0.29) is 24.4 Å². The lowest BCUT2D eigenvalue weighted by molar-refractivity contribution is -0.191. The summed E-state index contributed by atoms with van der Waals surface area (Å²) < 4.78 is 11.4. The molecule has 1 atom stereocenters. The average molecular weight is 339 g/mol. The van der Waals surface area contributed by atoms with Gasteiger partial charge in [0.25, 0.3) is 0 Å². The molecular weight excluding hydrogens is 312 g/mol. The van der Waals surface area contributed by atoms with Gasteiger partial charge in [-0.3, -0.25) is 4.79 Å². The first-order chi connectivity index (χ1) is 9.57. The second-order valence-electron chi connectivity index (χ2n) is 5.70. The Bertz CT molecular complexity index is 332. The van der Waals surface area contributed by atoms with E-state index in [4.69, 9.17) is 15.2 Å². The van der Waals surface area contributed by atoms with Crippen LogP contribution < -0.4 is 5.73 Å². The highest BCUT2D eigenvalue weighted by atomic mass is 35.5. The van der Waals surface area contributed by atoms with Gasteiger partial charge in [0, 0.05) is 19.0 Å². The van der Waals surface area contributed by atoms with E-state index in [1.807, 2.05) is 18.1 Å². The van der Waals surface area contributed by atoms with E-state index >= 15 is 0 Å². The van der Waals surface area contributed by atoms with E-state index in [1.165, 1.54) is 0 Å². The maximum atomic E-state index is 12.2. The predicted octanol–water partition coefficient (Wildman–Crippen LogP) is 1.49. The van der Waals surface area contributed by atoms with Gasteiger partial charge in [-0.15, -0.1) is 12.4 Å². The molecule has 1 amide bonds. The summed E-state index contributed by atoms with van der Waals surface area (Å²) in [5, 5.41) is 0. The van der Waals surface area contributed by atoms with Gasteiger partial charge in [0.1, 0.15) is 0 Å². The molecule has 2 heterocycles. The van der Waals surface area contributed by atoms with Crippen LogP contribution in [0.2, 0.25) is 0 Å². The average Bonchev–Trinajstić information content (AvgIpc) is 2.92. The highest BCUT2D eigenvalue weighted by molar-refractivity contribution is 7.98. The number of hydrogen-bond acceptors (Lipinski definition) is 5. The quantitative estimate of drug-likeness (QED) is 0.822. The molecule has 21 heavy (non-hydrogen) atoms. The minimum atomic E-state index is -0.448. The zero-order valence-corrected chi connectivity index (χ0v) is 14.5. The van der Waals surface area contributed by atoms with Crippen molar-refractivity contribution in [2.24, 2.45) is 11.7 Å². The number of amides is 1. The molecule has 124 valence electrons. The first kappa shape index (κ1) is 19.0. The summed E-state index contributed by atoms with van der Waals surface area (Å²) in [5.74, 6) is 0.951. The fraction of sp³-hybridized carbons (Fsp3) is 0.929. The maximum Gasteiger partial charge on any atom is 0.239 e. The van der Waals surface area contributed by atoms with Crippen molar-refractivity contribution in [1.29, 1.82) is 0 Å². The minimum absolute atomic E-state index is 0. The number of halogens is 1. The summed E-state index contributed by atoms with van der Waals surface area (Å²) in [6.07, 6.45) is 4.64. The van der Waals surface area contributed by atoms with Gasteiger partial charge in [-0.05, 0) is 38.2 Å². The van der Waals surface area contributed by atoms with Crippen LogP contribution in [0.15, 0.2) is 0 Å². The van der Waals surface area contributed by atoms with Gasteiger partial charge >= 0.3 is 0 Å². The maximum absolute atomic E-state index is 12.2. The van der Waals surface area contributed by atoms with Gasteiger partial charge in [-0.25, -0.2) is 0 Å². The van der Waals surface area contributed by atoms with Gasteiger partial charge in [0.05, 0.1) is 19.3 Å². The SMILES string of the molecule is CSCCC(N)C(=O)N1CCC(C2(C)OCCO2)CC1.Cl. The highest BCUT2D eigenvalue weighted by Gasteiger charge is 2.41. The van der Waals surface area contributed by atoms with Crippen LogP contribution in [0.4, 0.5) is 0 Å². The second kappa shape index (κ2) is 8.58. The summed E-state index contributed by atoms with van der Waals surface area (Å²) >= 11 is 1.73. The van der Waals surface area contributed by atoms with Crippen LogP contribution in [-0.4, -0.2) is 60.9 Å². The Balaban J connectivity index is 0.00000220. The Morgan fingerprint density at radius 1 is 1.38 bits per heavy atom. The molecular formula is C14H27ClN2O3S. The van der Waals surface area contributed by atoms with E-state index in [0.717, 1.165) is 38.1 Å². The molecule has 0 aromatic rings. The fourth-order valence-electron chi connectivity index (χ4n) is 2.99. The molecule has 0 aliphatic carbocycles. The topological polar surface area (TPSA) is 64.8 Å². The molecule has 2 aliphatic rings. The van der Waals surface area contributed by atoms with Crippen LogP contribution >= 0.6 is 24.2 Å². The van der Waals surface area contributed by atoms with Crippen molar-refractivity contribution in [3.05, 3.63) is 0 Å². The van der Waals surface area contributed by atoms with Gasteiger partial charge in [0.15, 0.2) is 5.79 Å². The molecule has 2 aliphatic heterocycles. The number of nitrogens with zero attached hydrogens (tertiary/aromatic N) is 1. The molecule has 1 unspecified atom stereocenters. The number of carbonyl (C=O) groups excluding carboxylic acids is 1. The Morgan fingerprint density at radius 3 is 2.48 bits per heavy atom. The van der Waals surface area contributed by atoms with Gasteiger partial charge in [0.2, 0.25) is 5.91 Å². The lowest BCUT2D eigenvalue weighted by atomic mass is 9.89. The number of carbonyl (C=O) groups is 1. The molecule has 0 bridgehead atoms. The molecule has 5 nitrogen and oxygen atoms in total. The van der Waals surface area contributed by atoms with Crippen molar-refractivity contribution in [1.82, 2.24) is 4.90 Å². The lowest BCUT2D eigenvalue weighted by Crippen LogP contribution is -2.50. The van der Waals surface area contributed by atoms with Crippen molar-refractivity contribution in [3.8, 4) is 0 Å². The fourth-order valence-corrected chi connectivity index (χ4v) is 3.48. The Hall–Kier alpha value is -0.0100. The smallest absolute Gasteiger partial charge is 0.239 e. The number of nitrogens with two attached hydrogens (primary N) is 1. The van der Waals surface area contributed by atoms with Crippen molar-refractivity contribution in [3.63, 3.8) is 0 Å². The number of piperidine rings is 1. The van der Waals surface area contributed by atoms with E-state index < -0.39 is 5.79 Å². The van der Waals surface area contributed by atoms with Crippen LogP contribution in [0.1, 0.15) is 26.2 Å². The lowest BCUT2D eigenvalue weighted by Gasteiger charge is -2.39. The number of ether oxygens (including phenoxy) is 2. The van der Waals surface area contributed by atoms with Crippen LogP contribution in [-0.2, 0) is 14.3 Å². The molecule has 2 saturated heterocycles. The second-order valence-corrected chi connectivity index (χ2v) is 6.69. The van der Waals surface area contributed by atoms with Crippen LogP contribution in [0, 0.1) is 5.92 Å². The Morgan fingerprint density at radius 2 is 1.95 bits per heavy atom. The van der Waals surface area contributed by atoms with Gasteiger partial charge in [-0.2, -0.15) is 11.8 Å². The highest BCUT2D eigenvalue weighted by Crippen LogP contribution is 2.35. The van der Waals surface area contributed by atoms with E-state index in [1.54, 1.807) is 11.8 Å². The third kappa shape index (κ3) is 4.73. The molecule has 7 heteroatoms. The summed E-state index contributed by atoms with van der Waals surface area (Å²) in [7, 11) is 0. The molecule has 0 spiro atoms. The summed E-state index contributed by atoms with van der Waals surface area (Å²) in [6.45, 7) is 4.90. The Kier molecular flexibility index (Phi) is 7.78.